The molecule has 0 radical (unpaired) electrons. The Morgan fingerprint density at radius 2 is 1.83 bits per heavy atom. The molecule has 0 unspecified atom stereocenters. The van der Waals surface area contributed by atoms with Gasteiger partial charge in [0.25, 0.3) is 0 Å². The molecule has 0 aromatic carbocycles. The molecule has 0 aromatic heterocycles. The number of carbonyl (C=O) groups is 1. The summed E-state index contributed by atoms with van der Waals surface area (Å²) in [5.74, 6) is 0. The molecule has 2 nitrogen and oxygen atoms in total. The van der Waals surface area contributed by atoms with Gasteiger partial charge in [0.2, 0.25) is 6.41 Å². The van der Waals surface area contributed by atoms with Crippen LogP contribution in [0.2, 0.25) is 0 Å². The number of rotatable bonds is 0. The molecule has 2 N–H and O–H groups in total. The Bertz CT molecular complexity index is 31.8. The Morgan fingerprint density at radius 3 is 1.83 bits per heavy atom. The van der Waals surface area contributed by atoms with Crippen LogP contribution >= 0.6 is 12.2 Å². The molecular weight excluding hydrogens is 98.1 g/mol. The first-order chi connectivity index (χ1) is 2.83. The molecule has 0 aliphatic rings. The fourth-order valence-corrected chi connectivity index (χ4v) is 0. The van der Waals surface area contributed by atoms with Crippen LogP contribution in [0.4, 0.5) is 0 Å². The van der Waals surface area contributed by atoms with Crippen molar-refractivity contribution in [3.8, 4) is 0 Å². The van der Waals surface area contributed by atoms with Gasteiger partial charge in [-0.3, -0.25) is 4.79 Å². The van der Waals surface area contributed by atoms with Gasteiger partial charge in [-0.1, -0.05) is 12.2 Å². The Kier molecular flexibility index (Phi) is 36.1. The lowest BCUT2D eigenvalue weighted by atomic mass is 11.0. The fourth-order valence-electron chi connectivity index (χ4n) is 0. The highest BCUT2D eigenvalue weighted by Gasteiger charge is 1.19. The maximum absolute atomic E-state index is 8.58. The molecule has 36 valence electrons. The number of hydrogen-bond donors (Lipinski definition) is 1. The predicted molar refractivity (Wildman–Crippen MR) is 29.6 cm³/mol. The molecule has 0 atom stereocenters. The number of primary amides is 1. The van der Waals surface area contributed by atoms with E-state index < -0.39 is 0 Å². The van der Waals surface area contributed by atoms with Crippen molar-refractivity contribution in [3.63, 3.8) is 0 Å². The van der Waals surface area contributed by atoms with Gasteiger partial charge in [-0.15, -0.1) is 0 Å². The van der Waals surface area contributed by atoms with E-state index in [4.69, 9.17) is 4.79 Å². The highest BCUT2D eigenvalue weighted by atomic mass is 32.1. The summed E-state index contributed by atoms with van der Waals surface area (Å²) >= 11 is 4.27. The predicted octanol–water partition coefficient (Wildman–Crippen LogP) is 0.108. The van der Waals surface area contributed by atoms with Crippen LogP contribution in [0, 0.1) is 0 Å². The number of amides is 1. The molecule has 0 fully saturated rings. The lowest BCUT2D eigenvalue weighted by molar-refractivity contribution is -0.106. The van der Waals surface area contributed by atoms with Gasteiger partial charge >= 0.3 is 0 Å². The van der Waals surface area contributed by atoms with Gasteiger partial charge in [0.15, 0.2) is 0 Å². The summed E-state index contributed by atoms with van der Waals surface area (Å²) in [6, 6.07) is 0. The van der Waals surface area contributed by atoms with Crippen molar-refractivity contribution >= 4 is 24.0 Å². The number of carbonyl (C=O) groups excluding carboxylic acids is 1. The van der Waals surface area contributed by atoms with E-state index in [1.165, 1.54) is 0 Å². The second kappa shape index (κ2) is 23.7. The highest BCUT2D eigenvalue weighted by molar-refractivity contribution is 7.78. The third kappa shape index (κ3) is 121. The molecule has 3 heteroatoms. The lowest BCUT2D eigenvalue weighted by Gasteiger charge is -1.32. The van der Waals surface area contributed by atoms with E-state index in [1.807, 2.05) is 6.92 Å². The molecular formula is C3H7NOS. The van der Waals surface area contributed by atoms with Crippen molar-refractivity contribution in [2.75, 3.05) is 0 Å². The van der Waals surface area contributed by atoms with Crippen LogP contribution in [0.3, 0.4) is 0 Å². The van der Waals surface area contributed by atoms with Gasteiger partial charge in [-0.25, -0.2) is 0 Å². The second-order valence-corrected chi connectivity index (χ2v) is 0.843. The summed E-state index contributed by atoms with van der Waals surface area (Å²) in [4.78, 5) is 8.58. The molecule has 0 aliphatic carbocycles. The highest BCUT2D eigenvalue weighted by Crippen LogP contribution is 1.32. The topological polar surface area (TPSA) is 43.1 Å². The zero-order valence-electron chi connectivity index (χ0n) is 3.55. The Morgan fingerprint density at radius 1 is 1.83 bits per heavy atom. The largest absolute Gasteiger partial charge is 0.372 e. The molecule has 6 heavy (non-hydrogen) atoms. The van der Waals surface area contributed by atoms with Crippen molar-refractivity contribution in [1.82, 2.24) is 0 Å². The average molecular weight is 105 g/mol. The molecule has 1 amide bonds. The third-order valence-electron chi connectivity index (χ3n) is 0. The van der Waals surface area contributed by atoms with Gasteiger partial charge < -0.3 is 5.73 Å². The van der Waals surface area contributed by atoms with E-state index in [1.54, 1.807) is 5.37 Å². The first-order valence-corrected chi connectivity index (χ1v) is 1.85. The van der Waals surface area contributed by atoms with E-state index in [-0.39, 0.29) is 6.41 Å². The summed E-state index contributed by atoms with van der Waals surface area (Å²) in [6.45, 7) is 1.81. The molecule has 0 aliphatic heterocycles. The minimum Gasteiger partial charge on any atom is -0.372 e. The summed E-state index contributed by atoms with van der Waals surface area (Å²) in [5.41, 5.74) is 4.17. The average Bonchev–Trinajstić information content (AvgIpc) is 1.39. The smallest absolute Gasteiger partial charge is 0.204 e. The molecule has 0 bridgehead atoms. The Hall–Kier alpha value is -0.440. The number of thiocarbonyl (C=S) groups is 1. The van der Waals surface area contributed by atoms with Crippen molar-refractivity contribution in [2.45, 2.75) is 6.92 Å². The number of nitrogens with two attached hydrogens (primary N) is 1. The minimum atomic E-state index is 0.250. The fraction of sp³-hybridized carbons (Fsp3) is 0.333. The first kappa shape index (κ1) is 9.12. The summed E-state index contributed by atoms with van der Waals surface area (Å²) in [7, 11) is 0. The summed E-state index contributed by atoms with van der Waals surface area (Å²) in [6.07, 6.45) is 0.250. The molecule has 0 spiro atoms. The van der Waals surface area contributed by atoms with Crippen LogP contribution in [0.5, 0.6) is 0 Å². The molecule has 0 aromatic rings. The van der Waals surface area contributed by atoms with Crippen molar-refractivity contribution in [3.05, 3.63) is 0 Å². The van der Waals surface area contributed by atoms with Crippen LogP contribution < -0.4 is 5.73 Å². The van der Waals surface area contributed by atoms with Gasteiger partial charge in [0.1, 0.15) is 0 Å². The van der Waals surface area contributed by atoms with E-state index >= 15 is 0 Å². The van der Waals surface area contributed by atoms with Crippen LogP contribution in [0.15, 0.2) is 0 Å². The van der Waals surface area contributed by atoms with E-state index in [0.29, 0.717) is 0 Å². The van der Waals surface area contributed by atoms with Crippen molar-refractivity contribution in [1.29, 1.82) is 0 Å². The van der Waals surface area contributed by atoms with Crippen molar-refractivity contribution < 1.29 is 4.79 Å². The van der Waals surface area contributed by atoms with Gasteiger partial charge in [0, 0.05) is 0 Å². The van der Waals surface area contributed by atoms with E-state index in [9.17, 15) is 0 Å². The van der Waals surface area contributed by atoms with Gasteiger partial charge in [0.05, 0.1) is 0 Å². The van der Waals surface area contributed by atoms with E-state index in [0.717, 1.165) is 0 Å². The first-order valence-electron chi connectivity index (χ1n) is 1.38. The zero-order chi connectivity index (χ0) is 5.41. The monoisotopic (exact) mass is 105 g/mol. The van der Waals surface area contributed by atoms with E-state index in [2.05, 4.69) is 18.0 Å². The van der Waals surface area contributed by atoms with Crippen LogP contribution in [0.1, 0.15) is 6.92 Å². The number of hydrogen-bond acceptors (Lipinski definition) is 2. The Labute approximate surface area is 42.3 Å². The zero-order valence-corrected chi connectivity index (χ0v) is 4.37. The maximum atomic E-state index is 8.58. The maximum Gasteiger partial charge on any atom is 0.204 e. The molecule has 0 heterocycles. The minimum absolute atomic E-state index is 0.250. The molecule has 0 rings (SSSR count). The Balaban J connectivity index is 0. The second-order valence-electron chi connectivity index (χ2n) is 0.372. The summed E-state index contributed by atoms with van der Waals surface area (Å²) < 4.78 is 0. The van der Waals surface area contributed by atoms with Gasteiger partial charge in [-0.2, -0.15) is 0 Å². The van der Waals surface area contributed by atoms with Crippen LogP contribution in [-0.2, 0) is 4.79 Å². The van der Waals surface area contributed by atoms with Gasteiger partial charge in [-0.05, 0) is 12.3 Å². The summed E-state index contributed by atoms with van der Waals surface area (Å²) in [5, 5.41) is 1.58. The van der Waals surface area contributed by atoms with Crippen molar-refractivity contribution in [2.24, 2.45) is 5.73 Å². The normalized spacial score (nSPS) is 4.17. The quantitative estimate of drug-likeness (QED) is 0.351. The molecule has 0 saturated carbocycles. The molecule has 0 saturated heterocycles. The lowest BCUT2D eigenvalue weighted by Crippen LogP contribution is -1.82. The third-order valence-corrected chi connectivity index (χ3v) is 0. The standard InChI is InChI=1S/C2H4S.CH3NO/c1-2-3;2-1-3/h2H,1H3;1H,(H2,2,3). The SMILES string of the molecule is CC=S.NC=O. The van der Waals surface area contributed by atoms with Crippen LogP contribution in [0.25, 0.3) is 0 Å². The van der Waals surface area contributed by atoms with Crippen LogP contribution in [-0.4, -0.2) is 11.8 Å².